The Morgan fingerprint density at radius 2 is 2.33 bits per heavy atom. The molecule has 84 valence electrons. The van der Waals surface area contributed by atoms with E-state index in [0.717, 1.165) is 44.5 Å². The number of nitrogens with zero attached hydrogens (tertiary/aromatic N) is 2. The molecule has 0 aliphatic carbocycles. The summed E-state index contributed by atoms with van der Waals surface area (Å²) in [7, 11) is 0. The van der Waals surface area contributed by atoms with Gasteiger partial charge in [-0.3, -0.25) is 4.90 Å². The van der Waals surface area contributed by atoms with Crippen molar-refractivity contribution in [1.29, 1.82) is 0 Å². The van der Waals surface area contributed by atoms with Gasteiger partial charge in [-0.2, -0.15) is 0 Å². The monoisotopic (exact) mass is 247 g/mol. The van der Waals surface area contributed by atoms with Gasteiger partial charge in [0.25, 0.3) is 0 Å². The third-order valence-corrected chi connectivity index (χ3v) is 3.41. The van der Waals surface area contributed by atoms with Crippen LogP contribution in [0.5, 0.6) is 0 Å². The van der Waals surface area contributed by atoms with Crippen molar-refractivity contribution >= 4 is 28.1 Å². The molecule has 1 N–H and O–H groups in total. The lowest BCUT2D eigenvalue weighted by Crippen LogP contribution is -2.38. The van der Waals surface area contributed by atoms with Gasteiger partial charge < -0.3 is 10.1 Å². The Bertz CT molecular complexity index is 301. The molecule has 0 unspecified atom stereocenters. The van der Waals surface area contributed by atoms with Gasteiger partial charge in [0.2, 0.25) is 0 Å². The molecule has 1 aromatic rings. The number of thiazole rings is 1. The SMILES string of the molecule is Clc1csc(NCCN2CCOCC2)n1. The molecule has 4 nitrogen and oxygen atoms in total. The molecule has 0 saturated carbocycles. The smallest absolute Gasteiger partial charge is 0.184 e. The van der Waals surface area contributed by atoms with Gasteiger partial charge in [0.1, 0.15) is 5.15 Å². The maximum absolute atomic E-state index is 5.72. The van der Waals surface area contributed by atoms with Crippen LogP contribution >= 0.6 is 22.9 Å². The van der Waals surface area contributed by atoms with Gasteiger partial charge in [-0.05, 0) is 0 Å². The predicted molar refractivity (Wildman–Crippen MR) is 62.9 cm³/mol. The number of halogens is 1. The van der Waals surface area contributed by atoms with Crippen LogP contribution in [-0.2, 0) is 4.74 Å². The van der Waals surface area contributed by atoms with E-state index in [4.69, 9.17) is 16.3 Å². The molecule has 0 bridgehead atoms. The molecule has 0 amide bonds. The lowest BCUT2D eigenvalue weighted by atomic mass is 10.4. The predicted octanol–water partition coefficient (Wildman–Crippen LogP) is 1.54. The second kappa shape index (κ2) is 5.65. The zero-order valence-corrected chi connectivity index (χ0v) is 9.98. The van der Waals surface area contributed by atoms with Crippen molar-refractivity contribution < 1.29 is 4.74 Å². The van der Waals surface area contributed by atoms with E-state index in [0.29, 0.717) is 5.15 Å². The summed E-state index contributed by atoms with van der Waals surface area (Å²) in [5, 5.41) is 6.55. The van der Waals surface area contributed by atoms with Crippen molar-refractivity contribution in [2.24, 2.45) is 0 Å². The van der Waals surface area contributed by atoms with Crippen molar-refractivity contribution in [1.82, 2.24) is 9.88 Å². The number of hydrogen-bond donors (Lipinski definition) is 1. The highest BCUT2D eigenvalue weighted by Gasteiger charge is 2.09. The van der Waals surface area contributed by atoms with E-state index in [1.165, 1.54) is 11.3 Å². The molecule has 1 aliphatic rings. The maximum atomic E-state index is 5.72. The average Bonchev–Trinajstić information content (AvgIpc) is 2.66. The number of morpholine rings is 1. The lowest BCUT2D eigenvalue weighted by Gasteiger charge is -2.26. The molecule has 1 fully saturated rings. The highest BCUT2D eigenvalue weighted by Crippen LogP contribution is 2.18. The van der Waals surface area contributed by atoms with E-state index >= 15 is 0 Å². The van der Waals surface area contributed by atoms with E-state index in [1.807, 2.05) is 5.38 Å². The van der Waals surface area contributed by atoms with Crippen molar-refractivity contribution in [2.75, 3.05) is 44.7 Å². The van der Waals surface area contributed by atoms with E-state index in [-0.39, 0.29) is 0 Å². The maximum Gasteiger partial charge on any atom is 0.184 e. The average molecular weight is 248 g/mol. The van der Waals surface area contributed by atoms with Crippen molar-refractivity contribution in [3.63, 3.8) is 0 Å². The molecular weight excluding hydrogens is 234 g/mol. The molecule has 6 heteroatoms. The molecule has 15 heavy (non-hydrogen) atoms. The minimum absolute atomic E-state index is 0.564. The topological polar surface area (TPSA) is 37.4 Å². The molecular formula is C9H14ClN3OS. The summed E-state index contributed by atoms with van der Waals surface area (Å²) in [6, 6.07) is 0. The number of rotatable bonds is 4. The molecule has 1 saturated heterocycles. The number of anilines is 1. The summed E-state index contributed by atoms with van der Waals surface area (Å²) in [5.41, 5.74) is 0. The summed E-state index contributed by atoms with van der Waals surface area (Å²) in [6.45, 7) is 5.69. The molecule has 1 aromatic heterocycles. The Kier molecular flexibility index (Phi) is 4.19. The largest absolute Gasteiger partial charge is 0.379 e. The summed E-state index contributed by atoms with van der Waals surface area (Å²) >= 11 is 7.26. The third kappa shape index (κ3) is 3.61. The van der Waals surface area contributed by atoms with Crippen LogP contribution in [0.25, 0.3) is 0 Å². The molecule has 0 radical (unpaired) electrons. The Balaban J connectivity index is 1.65. The van der Waals surface area contributed by atoms with Gasteiger partial charge in [-0.1, -0.05) is 11.6 Å². The van der Waals surface area contributed by atoms with Gasteiger partial charge in [0.15, 0.2) is 5.13 Å². The number of ether oxygens (including phenoxy) is 1. The van der Waals surface area contributed by atoms with Gasteiger partial charge in [0.05, 0.1) is 13.2 Å². The van der Waals surface area contributed by atoms with Crippen molar-refractivity contribution in [3.8, 4) is 0 Å². The van der Waals surface area contributed by atoms with E-state index in [2.05, 4.69) is 15.2 Å². The first-order chi connectivity index (χ1) is 7.34. The highest BCUT2D eigenvalue weighted by molar-refractivity contribution is 7.14. The Morgan fingerprint density at radius 1 is 1.53 bits per heavy atom. The minimum atomic E-state index is 0.564. The normalized spacial score (nSPS) is 17.9. The minimum Gasteiger partial charge on any atom is -0.379 e. The first kappa shape index (κ1) is 11.1. The van der Waals surface area contributed by atoms with Crippen LogP contribution in [0.15, 0.2) is 5.38 Å². The van der Waals surface area contributed by atoms with Crippen LogP contribution in [0, 0.1) is 0 Å². The first-order valence-electron chi connectivity index (χ1n) is 4.99. The Morgan fingerprint density at radius 3 is 3.00 bits per heavy atom. The summed E-state index contributed by atoms with van der Waals surface area (Å²) in [6.07, 6.45) is 0. The summed E-state index contributed by atoms with van der Waals surface area (Å²) in [4.78, 5) is 6.50. The fourth-order valence-electron chi connectivity index (χ4n) is 1.48. The second-order valence-electron chi connectivity index (χ2n) is 3.36. The second-order valence-corrected chi connectivity index (χ2v) is 4.60. The number of nitrogens with one attached hydrogen (secondary N) is 1. The fourth-order valence-corrected chi connectivity index (χ4v) is 2.35. The van der Waals surface area contributed by atoms with E-state index in [1.54, 1.807) is 0 Å². The van der Waals surface area contributed by atoms with Crippen LogP contribution in [0.4, 0.5) is 5.13 Å². The quantitative estimate of drug-likeness (QED) is 0.876. The van der Waals surface area contributed by atoms with Gasteiger partial charge in [0, 0.05) is 31.6 Å². The molecule has 2 rings (SSSR count). The van der Waals surface area contributed by atoms with Crippen LogP contribution < -0.4 is 5.32 Å². The molecule has 1 aliphatic heterocycles. The van der Waals surface area contributed by atoms with Crippen molar-refractivity contribution in [3.05, 3.63) is 10.5 Å². The van der Waals surface area contributed by atoms with E-state index < -0.39 is 0 Å². The number of hydrogen-bond acceptors (Lipinski definition) is 5. The molecule has 0 atom stereocenters. The van der Waals surface area contributed by atoms with Gasteiger partial charge in [-0.15, -0.1) is 11.3 Å². The molecule has 0 spiro atoms. The summed E-state index contributed by atoms with van der Waals surface area (Å²) < 4.78 is 5.28. The third-order valence-electron chi connectivity index (χ3n) is 2.28. The zero-order valence-electron chi connectivity index (χ0n) is 8.41. The first-order valence-corrected chi connectivity index (χ1v) is 6.25. The fraction of sp³-hybridized carbons (Fsp3) is 0.667. The van der Waals surface area contributed by atoms with Gasteiger partial charge >= 0.3 is 0 Å². The zero-order chi connectivity index (χ0) is 10.5. The van der Waals surface area contributed by atoms with Crippen molar-refractivity contribution in [2.45, 2.75) is 0 Å². The summed E-state index contributed by atoms with van der Waals surface area (Å²) in [5.74, 6) is 0. The van der Waals surface area contributed by atoms with Crippen LogP contribution in [0.1, 0.15) is 0 Å². The highest BCUT2D eigenvalue weighted by atomic mass is 35.5. The number of aromatic nitrogens is 1. The Hall–Kier alpha value is -0.360. The van der Waals surface area contributed by atoms with E-state index in [9.17, 15) is 0 Å². The molecule has 0 aromatic carbocycles. The standard InChI is InChI=1S/C9H14ClN3OS/c10-8-7-15-9(12-8)11-1-2-13-3-5-14-6-4-13/h7H,1-6H2,(H,11,12). The molecule has 2 heterocycles. The van der Waals surface area contributed by atoms with Gasteiger partial charge in [-0.25, -0.2) is 4.98 Å². The van der Waals surface area contributed by atoms with Crippen LogP contribution in [-0.4, -0.2) is 49.3 Å². The Labute approximate surface area is 98.2 Å². The lowest BCUT2D eigenvalue weighted by molar-refractivity contribution is 0.0398. The van der Waals surface area contributed by atoms with Crippen LogP contribution in [0.2, 0.25) is 5.15 Å². The van der Waals surface area contributed by atoms with Crippen LogP contribution in [0.3, 0.4) is 0 Å².